The molecule has 5 aliphatic rings. The van der Waals surface area contributed by atoms with Gasteiger partial charge >= 0.3 is 12.2 Å². The van der Waals surface area contributed by atoms with Gasteiger partial charge in [0.2, 0.25) is 11.8 Å². The maximum Gasteiger partial charge on any atom is 0.407 e. The van der Waals surface area contributed by atoms with E-state index in [1.165, 1.54) is 36.5 Å². The van der Waals surface area contributed by atoms with E-state index in [0.717, 1.165) is 84.8 Å². The second-order valence-electron chi connectivity index (χ2n) is 17.2. The van der Waals surface area contributed by atoms with Crippen LogP contribution in [-0.4, -0.2) is 93.1 Å². The maximum atomic E-state index is 13.7. The third kappa shape index (κ3) is 7.91. The van der Waals surface area contributed by atoms with Crippen LogP contribution in [0, 0.1) is 17.8 Å². The summed E-state index contributed by atoms with van der Waals surface area (Å²) >= 11 is 0. The quantitative estimate of drug-likeness (QED) is 0.170. The molecule has 4 heterocycles. The van der Waals surface area contributed by atoms with Gasteiger partial charge in [-0.05, 0) is 84.6 Å². The molecule has 4 N–H and O–H groups in total. The summed E-state index contributed by atoms with van der Waals surface area (Å²) in [7, 11) is 2.61. The molecule has 8 rings (SSSR count). The van der Waals surface area contributed by atoms with Crippen molar-refractivity contribution in [1.82, 2.24) is 40.4 Å². The number of methoxy groups -OCH3 is 2. The molecule has 0 spiro atoms. The summed E-state index contributed by atoms with van der Waals surface area (Å²) in [6.07, 6.45) is 17.7. The molecule has 3 aliphatic carbocycles. The maximum absolute atomic E-state index is 13.7. The number of hydrogen-bond acceptors (Lipinski definition) is 8. The highest BCUT2D eigenvalue weighted by Gasteiger charge is 2.40. The summed E-state index contributed by atoms with van der Waals surface area (Å²) in [4.78, 5) is 72.1. The van der Waals surface area contributed by atoms with Crippen LogP contribution in [0.15, 0.2) is 60.3 Å². The Hall–Kier alpha value is -5.92. The number of H-pyrrole nitrogens is 2. The molecule has 0 saturated carbocycles. The fourth-order valence-electron chi connectivity index (χ4n) is 9.42. The minimum absolute atomic E-state index is 0.0962. The molecule has 2 aliphatic heterocycles. The van der Waals surface area contributed by atoms with E-state index in [-0.39, 0.29) is 41.7 Å². The number of carbonyl (C=O) groups is 4. The number of aromatic amines is 2. The first-order valence-electron chi connectivity index (χ1n) is 21.3. The fourth-order valence-corrected chi connectivity index (χ4v) is 9.42. The molecule has 0 radical (unpaired) electrons. The Bertz CT molecular complexity index is 2300. The van der Waals surface area contributed by atoms with Crippen LogP contribution in [0.1, 0.15) is 106 Å². The van der Waals surface area contributed by atoms with Gasteiger partial charge in [-0.1, -0.05) is 76.3 Å². The summed E-state index contributed by atoms with van der Waals surface area (Å²) in [5.41, 5.74) is 10.1. The van der Waals surface area contributed by atoms with Crippen LogP contribution in [0.4, 0.5) is 9.59 Å². The van der Waals surface area contributed by atoms with Crippen LogP contribution in [0.5, 0.6) is 0 Å². The second kappa shape index (κ2) is 17.0. The zero-order valence-electron chi connectivity index (χ0n) is 35.3. The molecule has 3 aromatic rings. The summed E-state index contributed by atoms with van der Waals surface area (Å²) in [6, 6.07) is 4.94. The Labute approximate surface area is 351 Å². The Morgan fingerprint density at radius 1 is 0.833 bits per heavy atom. The molecule has 2 saturated heterocycles. The number of fused-ring (bicyclic) bond motifs is 4. The molecule has 2 aromatic heterocycles. The molecule has 1 unspecified atom stereocenters. The monoisotopic (exact) mass is 816 g/mol. The van der Waals surface area contributed by atoms with Crippen molar-refractivity contribution in [3.8, 4) is 11.3 Å². The normalized spacial score (nSPS) is 21.7. The van der Waals surface area contributed by atoms with Gasteiger partial charge in [0.15, 0.2) is 0 Å². The molecule has 14 nitrogen and oxygen atoms in total. The van der Waals surface area contributed by atoms with Gasteiger partial charge in [0.05, 0.1) is 43.9 Å². The van der Waals surface area contributed by atoms with Crippen molar-refractivity contribution in [3.63, 3.8) is 0 Å². The molecule has 14 heteroatoms. The van der Waals surface area contributed by atoms with Gasteiger partial charge in [-0.15, -0.1) is 0 Å². The van der Waals surface area contributed by atoms with Gasteiger partial charge in [0.1, 0.15) is 23.7 Å². The van der Waals surface area contributed by atoms with Crippen LogP contribution < -0.4 is 10.6 Å². The van der Waals surface area contributed by atoms with Crippen molar-refractivity contribution in [2.45, 2.75) is 96.8 Å². The number of rotatable bonds is 10. The lowest BCUT2D eigenvalue weighted by molar-refractivity contribution is -0.136. The van der Waals surface area contributed by atoms with E-state index in [4.69, 9.17) is 19.4 Å². The SMILES string of the molecule is COC(=O)N[C@H](C(=O)N1CCC[C@H]1c1ncc(C2=CC=C3C=C(c4ccc5c(c4)CCc4[nH]c([C@@H]6CCCN6C(=O)[C@@H](NC(=O)OC)C(C)C)nc4-5)C=CC3C2)[nH]1)C(C)C. The lowest BCUT2D eigenvalue weighted by Gasteiger charge is -2.30. The van der Waals surface area contributed by atoms with E-state index in [1.807, 2.05) is 43.7 Å². The van der Waals surface area contributed by atoms with Gasteiger partial charge in [-0.2, -0.15) is 0 Å². The Balaban J connectivity index is 0.960. The largest absolute Gasteiger partial charge is 0.453 e. The molecule has 316 valence electrons. The minimum Gasteiger partial charge on any atom is -0.453 e. The Morgan fingerprint density at radius 2 is 1.48 bits per heavy atom. The number of alkyl carbamates (subject to hydrolysis) is 2. The standard InChI is InChI=1S/C46H56N8O6/c1-25(2)38(51-45(57)59-5)43(55)53-19-7-9-36(53)41-47-24-35(49-41)32-14-13-28-21-27(11-12-29(28)23-32)30-15-17-33-31(22-30)16-18-34-40(33)50-42(48-34)37-10-8-20-54(37)44(56)39(26(3)4)52-46(58)60-6/h11-15,17,21-22,24-26,29,36-39H,7-10,16,18-20,23H2,1-6H3,(H,47,49)(H,48,50)(H,51,57)(H,52,58)/t29?,36-,37-,38-,39-/m0/s1. The average molecular weight is 817 g/mol. The lowest BCUT2D eigenvalue weighted by atomic mass is 9.80. The summed E-state index contributed by atoms with van der Waals surface area (Å²) < 4.78 is 9.58. The molecule has 1 aromatic carbocycles. The van der Waals surface area contributed by atoms with E-state index in [0.29, 0.717) is 13.1 Å². The van der Waals surface area contributed by atoms with Crippen LogP contribution in [0.25, 0.3) is 22.4 Å². The van der Waals surface area contributed by atoms with E-state index >= 15 is 0 Å². The van der Waals surface area contributed by atoms with Gasteiger partial charge in [0, 0.05) is 30.3 Å². The van der Waals surface area contributed by atoms with Gasteiger partial charge in [0.25, 0.3) is 0 Å². The summed E-state index contributed by atoms with van der Waals surface area (Å²) in [5.74, 6) is 1.37. The zero-order valence-corrected chi connectivity index (χ0v) is 35.3. The van der Waals surface area contributed by atoms with Gasteiger partial charge in [-0.3, -0.25) is 9.59 Å². The molecular weight excluding hydrogens is 761 g/mol. The molecule has 4 amide bonds. The number of ether oxygens (including phenoxy) is 2. The summed E-state index contributed by atoms with van der Waals surface area (Å²) in [6.45, 7) is 8.90. The van der Waals surface area contributed by atoms with Crippen LogP contribution >= 0.6 is 0 Å². The molecule has 60 heavy (non-hydrogen) atoms. The highest BCUT2D eigenvalue weighted by Crippen LogP contribution is 2.41. The smallest absolute Gasteiger partial charge is 0.407 e. The number of aryl methyl sites for hydroxylation is 2. The van der Waals surface area contributed by atoms with Crippen LogP contribution in [-0.2, 0) is 31.9 Å². The number of carbonyl (C=O) groups excluding carboxylic acids is 4. The zero-order chi connectivity index (χ0) is 42.2. The third-order valence-electron chi connectivity index (χ3n) is 12.7. The van der Waals surface area contributed by atoms with Crippen LogP contribution in [0.3, 0.4) is 0 Å². The first-order valence-corrected chi connectivity index (χ1v) is 21.3. The van der Waals surface area contributed by atoms with Crippen molar-refractivity contribution in [1.29, 1.82) is 0 Å². The number of aromatic nitrogens is 4. The average Bonchev–Trinajstić information content (AvgIpc) is 4.09. The first-order chi connectivity index (χ1) is 28.9. The van der Waals surface area contributed by atoms with E-state index in [9.17, 15) is 19.2 Å². The number of imidazole rings is 2. The second-order valence-corrected chi connectivity index (χ2v) is 17.2. The first kappa shape index (κ1) is 40.8. The highest BCUT2D eigenvalue weighted by molar-refractivity contribution is 5.87. The Morgan fingerprint density at radius 3 is 2.12 bits per heavy atom. The van der Waals surface area contributed by atoms with Gasteiger partial charge < -0.3 is 39.9 Å². The number of nitrogens with zero attached hydrogens (tertiary/aromatic N) is 4. The van der Waals surface area contributed by atoms with Crippen molar-refractivity contribution in [2.75, 3.05) is 27.3 Å². The number of benzene rings is 1. The molecule has 5 atom stereocenters. The van der Waals surface area contributed by atoms with Crippen LogP contribution in [0.2, 0.25) is 0 Å². The number of likely N-dealkylation sites (tertiary alicyclic amines) is 2. The highest BCUT2D eigenvalue weighted by atomic mass is 16.5. The van der Waals surface area contributed by atoms with Crippen molar-refractivity contribution < 1.29 is 28.7 Å². The van der Waals surface area contributed by atoms with E-state index < -0.39 is 24.3 Å². The number of hydrogen-bond donors (Lipinski definition) is 4. The lowest BCUT2D eigenvalue weighted by Crippen LogP contribution is -2.51. The number of allylic oxidation sites excluding steroid dienone is 8. The van der Waals surface area contributed by atoms with Crippen molar-refractivity contribution in [2.24, 2.45) is 17.8 Å². The fraction of sp³-hybridized carbons (Fsp3) is 0.478. The van der Waals surface area contributed by atoms with Gasteiger partial charge in [-0.25, -0.2) is 19.6 Å². The van der Waals surface area contributed by atoms with E-state index in [1.54, 1.807) is 0 Å². The summed E-state index contributed by atoms with van der Waals surface area (Å²) in [5, 5.41) is 5.45. The van der Waals surface area contributed by atoms with Crippen molar-refractivity contribution in [3.05, 3.63) is 94.5 Å². The Kier molecular flexibility index (Phi) is 11.6. The van der Waals surface area contributed by atoms with Crippen molar-refractivity contribution >= 4 is 35.1 Å². The number of amides is 4. The molecule has 0 bridgehead atoms. The molecule has 2 fully saturated rings. The predicted octanol–water partition coefficient (Wildman–Crippen LogP) is 6.97. The third-order valence-corrected chi connectivity index (χ3v) is 12.7. The topological polar surface area (TPSA) is 175 Å². The van der Waals surface area contributed by atoms with E-state index in [2.05, 4.69) is 69.2 Å². The molecular formula is C46H56N8O6. The minimum atomic E-state index is -0.678. The predicted molar refractivity (Wildman–Crippen MR) is 227 cm³/mol. The number of nitrogens with one attached hydrogen (secondary N) is 4.